The summed E-state index contributed by atoms with van der Waals surface area (Å²) in [5.41, 5.74) is 1.27. The van der Waals surface area contributed by atoms with E-state index in [1.54, 1.807) is 27.0 Å². The van der Waals surface area contributed by atoms with Crippen molar-refractivity contribution in [3.05, 3.63) is 106 Å². The SMILES string of the molecule is CC(C)N(C(C)C)P(OCCC#N)OC[C@H]1O[C@@H](n2c(N=CN(C)C)nc3c(=O)[nH]c(N=CN(C)C)nc32)CC1OC1(c2ccccc2)c2ccccc2Oc2ccccc21. The zero-order valence-corrected chi connectivity index (χ0v) is 36.7. The maximum absolute atomic E-state index is 13.6. The Labute approximate surface area is 357 Å². The average Bonchev–Trinajstić information content (AvgIpc) is 3.81. The lowest BCUT2D eigenvalue weighted by atomic mass is 9.77. The van der Waals surface area contributed by atoms with E-state index in [2.05, 4.69) is 65.5 Å². The molecule has 17 heteroatoms. The monoisotopic (exact) mass is 848 g/mol. The van der Waals surface area contributed by atoms with Crippen molar-refractivity contribution in [1.82, 2.24) is 34.0 Å². The molecule has 16 nitrogen and oxygen atoms in total. The van der Waals surface area contributed by atoms with Crippen LogP contribution in [0.2, 0.25) is 0 Å². The van der Waals surface area contributed by atoms with E-state index < -0.39 is 38.1 Å². The number of benzene rings is 3. The minimum Gasteiger partial charge on any atom is -0.457 e. The summed E-state index contributed by atoms with van der Waals surface area (Å²) in [7, 11) is 5.71. The van der Waals surface area contributed by atoms with E-state index in [-0.39, 0.29) is 61.2 Å². The average molecular weight is 849 g/mol. The number of nitriles is 1. The predicted octanol–water partition coefficient (Wildman–Crippen LogP) is 7.63. The van der Waals surface area contributed by atoms with Crippen LogP contribution in [-0.2, 0) is 24.1 Å². The molecule has 61 heavy (non-hydrogen) atoms. The molecule has 1 N–H and O–H groups in total. The first-order valence-corrected chi connectivity index (χ1v) is 21.4. The summed E-state index contributed by atoms with van der Waals surface area (Å²) in [6, 6.07) is 28.3. The Bertz CT molecular complexity index is 2390. The molecular weight excluding hydrogens is 796 g/mol. The molecule has 1 saturated heterocycles. The molecule has 0 spiro atoms. The van der Waals surface area contributed by atoms with Crippen LogP contribution in [0.3, 0.4) is 0 Å². The van der Waals surface area contributed by atoms with Crippen molar-refractivity contribution in [3.63, 3.8) is 0 Å². The summed E-state index contributed by atoms with van der Waals surface area (Å²) >= 11 is 0. The molecule has 0 radical (unpaired) electrons. The number of aromatic nitrogens is 4. The second-order valence-electron chi connectivity index (χ2n) is 15.8. The lowest BCUT2D eigenvalue weighted by molar-refractivity contribution is -0.0989. The number of H-pyrrole nitrogens is 1. The lowest BCUT2D eigenvalue weighted by Gasteiger charge is -2.43. The molecule has 320 valence electrons. The zero-order chi connectivity index (χ0) is 43.3. The number of para-hydroxylation sites is 2. The minimum absolute atomic E-state index is 0.0648. The third-order valence-electron chi connectivity index (χ3n) is 10.1. The number of nitrogens with one attached hydrogen (secondary N) is 1. The van der Waals surface area contributed by atoms with E-state index in [0.717, 1.165) is 16.7 Å². The van der Waals surface area contributed by atoms with Gasteiger partial charge in [-0.1, -0.05) is 66.7 Å². The quantitative estimate of drug-likeness (QED) is 0.0421. The molecule has 0 saturated carbocycles. The highest BCUT2D eigenvalue weighted by Gasteiger charge is 2.51. The fourth-order valence-electron chi connectivity index (χ4n) is 7.66. The van der Waals surface area contributed by atoms with Gasteiger partial charge in [0.25, 0.3) is 14.1 Å². The molecule has 5 aromatic rings. The first kappa shape index (κ1) is 43.6. The van der Waals surface area contributed by atoms with Crippen LogP contribution < -0.4 is 10.3 Å². The summed E-state index contributed by atoms with van der Waals surface area (Å²) < 4.78 is 38.3. The third kappa shape index (κ3) is 9.23. The molecular formula is C44H53N10O6P. The topological polar surface area (TPSA) is 168 Å². The minimum atomic E-state index is -1.63. The number of hydrogen-bond donors (Lipinski definition) is 1. The first-order valence-electron chi connectivity index (χ1n) is 20.3. The number of rotatable bonds is 17. The highest BCUT2D eigenvalue weighted by Crippen LogP contribution is 2.55. The van der Waals surface area contributed by atoms with E-state index in [1.807, 2.05) is 94.9 Å². The van der Waals surface area contributed by atoms with Gasteiger partial charge in [-0.2, -0.15) is 10.2 Å². The Hall–Kier alpha value is -5.53. The van der Waals surface area contributed by atoms with Gasteiger partial charge in [0.15, 0.2) is 16.8 Å². The van der Waals surface area contributed by atoms with Gasteiger partial charge in [-0.05, 0) is 45.4 Å². The van der Waals surface area contributed by atoms with Gasteiger partial charge in [0, 0.05) is 57.8 Å². The second-order valence-corrected chi connectivity index (χ2v) is 17.2. The normalized spacial score (nSPS) is 18.8. The largest absolute Gasteiger partial charge is 0.457 e. The van der Waals surface area contributed by atoms with Crippen molar-refractivity contribution in [1.29, 1.82) is 5.26 Å². The smallest absolute Gasteiger partial charge is 0.280 e. The molecule has 4 heterocycles. The van der Waals surface area contributed by atoms with E-state index in [0.29, 0.717) is 11.5 Å². The van der Waals surface area contributed by atoms with Crippen LogP contribution in [0, 0.1) is 11.3 Å². The Morgan fingerprint density at radius 1 is 0.918 bits per heavy atom. The lowest BCUT2D eigenvalue weighted by Crippen LogP contribution is -2.42. The number of aliphatic imine (C=N–C) groups is 2. The molecule has 2 aromatic heterocycles. The van der Waals surface area contributed by atoms with Gasteiger partial charge in [-0.3, -0.25) is 14.3 Å². The standard InChI is InChI=1S/C44H53N10O6P/c1-29(2)54(30(3)4)61(56-24-16-23-45)57-26-37-36(60-44(31-17-10-9-11-18-31)32-19-12-14-21-34(32)58-35-22-15-13-20-33(35)44)25-38(59-37)53-40-39(48-43(53)47-28-52(7)8)41(55)50-42(49-40)46-27-51(5)6/h9-15,17-22,27-30,36-38H,16,24-26H2,1-8H3,(H,49,50,55)/t36?,37-,38-,61?/m1/s1. The van der Waals surface area contributed by atoms with Crippen LogP contribution in [0.1, 0.15) is 63.5 Å². The molecule has 2 unspecified atom stereocenters. The number of ether oxygens (including phenoxy) is 3. The Kier molecular flexibility index (Phi) is 13.6. The Morgan fingerprint density at radius 3 is 2.16 bits per heavy atom. The fourth-order valence-corrected chi connectivity index (χ4v) is 9.28. The molecule has 3 aromatic carbocycles. The highest BCUT2D eigenvalue weighted by molar-refractivity contribution is 7.44. The summed E-state index contributed by atoms with van der Waals surface area (Å²) in [6.07, 6.45) is 1.53. The van der Waals surface area contributed by atoms with Gasteiger partial charge < -0.3 is 33.1 Å². The molecule has 7 rings (SSSR count). The highest BCUT2D eigenvalue weighted by atomic mass is 31.2. The van der Waals surface area contributed by atoms with Gasteiger partial charge in [-0.25, -0.2) is 19.6 Å². The second kappa shape index (κ2) is 19.0. The van der Waals surface area contributed by atoms with Crippen LogP contribution in [0.5, 0.6) is 11.5 Å². The summed E-state index contributed by atoms with van der Waals surface area (Å²) in [5, 5.41) is 9.38. The van der Waals surface area contributed by atoms with E-state index in [4.69, 9.17) is 33.2 Å². The maximum Gasteiger partial charge on any atom is 0.280 e. The molecule has 2 aliphatic rings. The van der Waals surface area contributed by atoms with Crippen molar-refractivity contribution in [2.75, 3.05) is 41.4 Å². The number of aromatic amines is 1. The molecule has 0 amide bonds. The zero-order valence-electron chi connectivity index (χ0n) is 35.8. The number of fused-ring (bicyclic) bond motifs is 3. The van der Waals surface area contributed by atoms with E-state index in [1.165, 1.54) is 0 Å². The van der Waals surface area contributed by atoms with Crippen molar-refractivity contribution >= 4 is 44.3 Å². The number of hydrogen-bond acceptors (Lipinski definition) is 12. The molecule has 1 fully saturated rings. The van der Waals surface area contributed by atoms with Crippen LogP contribution >= 0.6 is 8.53 Å². The van der Waals surface area contributed by atoms with E-state index in [9.17, 15) is 10.1 Å². The van der Waals surface area contributed by atoms with Gasteiger partial charge in [0.2, 0.25) is 11.9 Å². The van der Waals surface area contributed by atoms with Gasteiger partial charge >= 0.3 is 0 Å². The van der Waals surface area contributed by atoms with Crippen molar-refractivity contribution in [2.24, 2.45) is 9.98 Å². The summed E-state index contributed by atoms with van der Waals surface area (Å²) in [4.78, 5) is 38.4. The molecule has 2 aliphatic heterocycles. The third-order valence-corrected chi connectivity index (χ3v) is 12.1. The van der Waals surface area contributed by atoms with Crippen molar-refractivity contribution < 1.29 is 23.3 Å². The summed E-state index contributed by atoms with van der Waals surface area (Å²) in [6.45, 7) is 8.65. The Morgan fingerprint density at radius 2 is 1.54 bits per heavy atom. The molecule has 0 aliphatic carbocycles. The maximum atomic E-state index is 13.6. The first-order chi connectivity index (χ1) is 29.4. The van der Waals surface area contributed by atoms with Gasteiger partial charge in [0.1, 0.15) is 23.8 Å². The van der Waals surface area contributed by atoms with Gasteiger partial charge in [-0.15, -0.1) is 0 Å². The van der Waals surface area contributed by atoms with Gasteiger partial charge in [0.05, 0.1) is 44.5 Å². The summed E-state index contributed by atoms with van der Waals surface area (Å²) in [5.74, 6) is 1.65. The van der Waals surface area contributed by atoms with Crippen LogP contribution in [-0.4, -0.2) is 112 Å². The van der Waals surface area contributed by atoms with E-state index >= 15 is 0 Å². The fraction of sp³-hybridized carbons (Fsp3) is 0.409. The van der Waals surface area contributed by atoms with Crippen molar-refractivity contribution in [3.8, 4) is 17.6 Å². The number of nitrogens with zero attached hydrogens (tertiary/aromatic N) is 9. The molecule has 4 atom stereocenters. The van der Waals surface area contributed by atoms with Crippen molar-refractivity contribution in [2.45, 2.75) is 76.7 Å². The predicted molar refractivity (Wildman–Crippen MR) is 236 cm³/mol. The number of imidazole rings is 1. The molecule has 0 bridgehead atoms. The van der Waals surface area contributed by atoms with Crippen LogP contribution in [0.4, 0.5) is 11.9 Å². The van der Waals surface area contributed by atoms with Crippen LogP contribution in [0.25, 0.3) is 11.2 Å². The Balaban J connectivity index is 1.39. The van der Waals surface area contributed by atoms with Crippen LogP contribution in [0.15, 0.2) is 93.6 Å².